The standard InChI is InChI=1S/C18H18N2S/c1-2-6-15(14(5-1)13-9-11-19-12-10-13)18-20-16-7-3-4-8-17(16)21-18/h1-8,13,19H,9-12H2. The first-order valence-electron chi connectivity index (χ1n) is 7.57. The van der Waals surface area contributed by atoms with Gasteiger partial charge in [-0.05, 0) is 49.5 Å². The van der Waals surface area contributed by atoms with E-state index in [2.05, 4.69) is 53.8 Å². The molecule has 2 aromatic carbocycles. The molecule has 1 N–H and O–H groups in total. The van der Waals surface area contributed by atoms with E-state index in [1.54, 1.807) is 11.3 Å². The third-order valence-corrected chi connectivity index (χ3v) is 5.33. The summed E-state index contributed by atoms with van der Waals surface area (Å²) in [6, 6.07) is 17.2. The van der Waals surface area contributed by atoms with E-state index < -0.39 is 0 Å². The number of hydrogen-bond donors (Lipinski definition) is 1. The van der Waals surface area contributed by atoms with Gasteiger partial charge in [0.2, 0.25) is 0 Å². The fourth-order valence-electron chi connectivity index (χ4n) is 3.17. The maximum atomic E-state index is 4.84. The zero-order valence-corrected chi connectivity index (χ0v) is 12.7. The highest BCUT2D eigenvalue weighted by atomic mass is 32.1. The van der Waals surface area contributed by atoms with Gasteiger partial charge in [0.1, 0.15) is 5.01 Å². The van der Waals surface area contributed by atoms with Gasteiger partial charge in [-0.25, -0.2) is 4.98 Å². The van der Waals surface area contributed by atoms with Gasteiger partial charge in [0.25, 0.3) is 0 Å². The first kappa shape index (κ1) is 13.0. The minimum atomic E-state index is 0.662. The van der Waals surface area contributed by atoms with Gasteiger partial charge in [0, 0.05) is 5.56 Å². The molecule has 1 aliphatic rings. The molecular weight excluding hydrogens is 276 g/mol. The van der Waals surface area contributed by atoms with E-state index >= 15 is 0 Å². The molecule has 0 amide bonds. The van der Waals surface area contributed by atoms with Crippen molar-refractivity contribution >= 4 is 21.6 Å². The lowest BCUT2D eigenvalue weighted by Crippen LogP contribution is -2.26. The number of fused-ring (bicyclic) bond motifs is 1. The molecule has 3 heteroatoms. The van der Waals surface area contributed by atoms with Gasteiger partial charge in [-0.2, -0.15) is 0 Å². The van der Waals surface area contributed by atoms with Crippen molar-refractivity contribution in [1.82, 2.24) is 10.3 Å². The van der Waals surface area contributed by atoms with Crippen LogP contribution >= 0.6 is 11.3 Å². The Hall–Kier alpha value is -1.71. The average Bonchev–Trinajstić information content (AvgIpc) is 2.99. The Morgan fingerprint density at radius 3 is 2.57 bits per heavy atom. The second-order valence-corrected chi connectivity index (χ2v) is 6.63. The maximum absolute atomic E-state index is 4.84. The Bertz CT molecular complexity index is 724. The third kappa shape index (κ3) is 2.47. The van der Waals surface area contributed by atoms with Gasteiger partial charge in [-0.15, -0.1) is 11.3 Å². The fraction of sp³-hybridized carbons (Fsp3) is 0.278. The van der Waals surface area contributed by atoms with Gasteiger partial charge >= 0.3 is 0 Å². The molecular formula is C18H18N2S. The van der Waals surface area contributed by atoms with E-state index in [1.807, 2.05) is 0 Å². The molecule has 106 valence electrons. The molecule has 0 atom stereocenters. The van der Waals surface area contributed by atoms with Crippen molar-refractivity contribution in [1.29, 1.82) is 0 Å². The molecule has 3 aromatic rings. The Morgan fingerprint density at radius 1 is 0.952 bits per heavy atom. The molecule has 0 unspecified atom stereocenters. The number of benzene rings is 2. The van der Waals surface area contributed by atoms with E-state index in [4.69, 9.17) is 4.98 Å². The molecule has 2 heterocycles. The molecule has 4 rings (SSSR count). The summed E-state index contributed by atoms with van der Waals surface area (Å²) < 4.78 is 1.27. The minimum Gasteiger partial charge on any atom is -0.317 e. The summed E-state index contributed by atoms with van der Waals surface area (Å²) in [5.74, 6) is 0.662. The van der Waals surface area contributed by atoms with Crippen LogP contribution < -0.4 is 5.32 Å². The molecule has 1 aromatic heterocycles. The fourth-order valence-corrected chi connectivity index (χ4v) is 4.18. The second kappa shape index (κ2) is 5.58. The van der Waals surface area contributed by atoms with Crippen LogP contribution in [0.5, 0.6) is 0 Å². The molecule has 0 spiro atoms. The number of piperidine rings is 1. The van der Waals surface area contributed by atoms with Crippen LogP contribution in [0.4, 0.5) is 0 Å². The summed E-state index contributed by atoms with van der Waals surface area (Å²) in [6.07, 6.45) is 2.45. The SMILES string of the molecule is c1ccc(C2CCNCC2)c(-c2nc3ccccc3s2)c1. The Labute approximate surface area is 128 Å². The van der Waals surface area contributed by atoms with Crippen LogP contribution in [0.25, 0.3) is 20.8 Å². The molecule has 0 aliphatic carbocycles. The highest BCUT2D eigenvalue weighted by Gasteiger charge is 2.19. The molecule has 1 fully saturated rings. The van der Waals surface area contributed by atoms with Gasteiger partial charge < -0.3 is 5.32 Å². The van der Waals surface area contributed by atoms with Crippen molar-refractivity contribution < 1.29 is 0 Å². The van der Waals surface area contributed by atoms with E-state index in [0.717, 1.165) is 23.6 Å². The predicted octanol–water partition coefficient (Wildman–Crippen LogP) is 4.43. The molecule has 1 aliphatic heterocycles. The van der Waals surface area contributed by atoms with Gasteiger partial charge in [0.15, 0.2) is 0 Å². The average molecular weight is 294 g/mol. The largest absolute Gasteiger partial charge is 0.317 e. The van der Waals surface area contributed by atoms with Crippen LogP contribution in [0.1, 0.15) is 24.3 Å². The lowest BCUT2D eigenvalue weighted by molar-refractivity contribution is 0.461. The lowest BCUT2D eigenvalue weighted by Gasteiger charge is -2.24. The van der Waals surface area contributed by atoms with Crippen molar-refractivity contribution in [3.8, 4) is 10.6 Å². The van der Waals surface area contributed by atoms with Crippen LogP contribution in [0.15, 0.2) is 48.5 Å². The molecule has 2 nitrogen and oxygen atoms in total. The number of para-hydroxylation sites is 1. The number of nitrogens with zero attached hydrogens (tertiary/aromatic N) is 1. The first-order chi connectivity index (χ1) is 10.4. The molecule has 0 bridgehead atoms. The predicted molar refractivity (Wildman–Crippen MR) is 89.9 cm³/mol. The Kier molecular flexibility index (Phi) is 3.45. The minimum absolute atomic E-state index is 0.662. The van der Waals surface area contributed by atoms with E-state index in [-0.39, 0.29) is 0 Å². The monoisotopic (exact) mass is 294 g/mol. The molecule has 21 heavy (non-hydrogen) atoms. The highest BCUT2D eigenvalue weighted by molar-refractivity contribution is 7.21. The topological polar surface area (TPSA) is 24.9 Å². The summed E-state index contributed by atoms with van der Waals surface area (Å²) in [6.45, 7) is 2.25. The number of nitrogens with one attached hydrogen (secondary N) is 1. The number of thiazole rings is 1. The Balaban J connectivity index is 1.80. The zero-order chi connectivity index (χ0) is 14.1. The summed E-state index contributed by atoms with van der Waals surface area (Å²) in [4.78, 5) is 4.84. The smallest absolute Gasteiger partial charge is 0.124 e. The van der Waals surface area contributed by atoms with Crippen LogP contribution in [0.2, 0.25) is 0 Å². The Morgan fingerprint density at radius 2 is 1.71 bits per heavy atom. The van der Waals surface area contributed by atoms with Gasteiger partial charge in [-0.1, -0.05) is 36.4 Å². The van der Waals surface area contributed by atoms with E-state index in [0.29, 0.717) is 5.92 Å². The quantitative estimate of drug-likeness (QED) is 0.756. The second-order valence-electron chi connectivity index (χ2n) is 5.60. The normalized spacial score (nSPS) is 16.4. The first-order valence-corrected chi connectivity index (χ1v) is 8.39. The number of hydrogen-bond acceptors (Lipinski definition) is 3. The van der Waals surface area contributed by atoms with Crippen molar-refractivity contribution in [2.75, 3.05) is 13.1 Å². The summed E-state index contributed by atoms with van der Waals surface area (Å²) in [5, 5.41) is 4.61. The van der Waals surface area contributed by atoms with Gasteiger partial charge in [0.05, 0.1) is 10.2 Å². The molecule has 0 radical (unpaired) electrons. The summed E-state index contributed by atoms with van der Waals surface area (Å²) in [5.41, 5.74) is 3.90. The van der Waals surface area contributed by atoms with Crippen LogP contribution in [-0.2, 0) is 0 Å². The van der Waals surface area contributed by atoms with E-state index in [1.165, 1.54) is 28.7 Å². The van der Waals surface area contributed by atoms with Gasteiger partial charge in [-0.3, -0.25) is 0 Å². The zero-order valence-electron chi connectivity index (χ0n) is 11.9. The number of aromatic nitrogens is 1. The van der Waals surface area contributed by atoms with Crippen LogP contribution in [0.3, 0.4) is 0 Å². The van der Waals surface area contributed by atoms with Crippen molar-refractivity contribution in [3.63, 3.8) is 0 Å². The summed E-state index contributed by atoms with van der Waals surface area (Å²) in [7, 11) is 0. The van der Waals surface area contributed by atoms with E-state index in [9.17, 15) is 0 Å². The van der Waals surface area contributed by atoms with Crippen molar-refractivity contribution in [2.24, 2.45) is 0 Å². The van der Waals surface area contributed by atoms with Crippen molar-refractivity contribution in [3.05, 3.63) is 54.1 Å². The summed E-state index contributed by atoms with van der Waals surface area (Å²) >= 11 is 1.80. The maximum Gasteiger partial charge on any atom is 0.124 e. The highest BCUT2D eigenvalue weighted by Crippen LogP contribution is 2.37. The van der Waals surface area contributed by atoms with Crippen LogP contribution in [-0.4, -0.2) is 18.1 Å². The number of rotatable bonds is 2. The van der Waals surface area contributed by atoms with Crippen molar-refractivity contribution in [2.45, 2.75) is 18.8 Å². The molecule has 0 saturated carbocycles. The lowest BCUT2D eigenvalue weighted by atomic mass is 9.87. The molecule has 1 saturated heterocycles. The third-order valence-electron chi connectivity index (χ3n) is 4.26. The van der Waals surface area contributed by atoms with Crippen LogP contribution in [0, 0.1) is 0 Å².